The van der Waals surface area contributed by atoms with Crippen molar-refractivity contribution in [3.8, 4) is 0 Å². The van der Waals surface area contributed by atoms with Gasteiger partial charge in [0.1, 0.15) is 17.7 Å². The van der Waals surface area contributed by atoms with Crippen molar-refractivity contribution in [1.82, 2.24) is 15.5 Å². The van der Waals surface area contributed by atoms with Crippen LogP contribution in [0.15, 0.2) is 0 Å². The summed E-state index contributed by atoms with van der Waals surface area (Å²) in [4.78, 5) is 66.7. The summed E-state index contributed by atoms with van der Waals surface area (Å²) in [6, 6.07) is -2.80. The second kappa shape index (κ2) is 11.0. The van der Waals surface area contributed by atoms with Crippen molar-refractivity contribution in [2.24, 2.45) is 33.8 Å². The van der Waals surface area contributed by atoms with Gasteiger partial charge in [0.2, 0.25) is 17.6 Å². The molecule has 0 aromatic heterocycles. The van der Waals surface area contributed by atoms with Crippen LogP contribution < -0.4 is 16.4 Å². The first-order valence-corrected chi connectivity index (χ1v) is 14.6. The van der Waals surface area contributed by atoms with Crippen LogP contribution in [0.4, 0.5) is 4.79 Å². The predicted octanol–water partition coefficient (Wildman–Crippen LogP) is 3.31. The molecule has 10 heteroatoms. The Kier molecular flexibility index (Phi) is 8.74. The molecule has 0 aromatic carbocycles. The van der Waals surface area contributed by atoms with E-state index in [2.05, 4.69) is 31.4 Å². The van der Waals surface area contributed by atoms with E-state index in [1.54, 1.807) is 25.7 Å². The minimum absolute atomic E-state index is 0.00697. The molecule has 1 saturated heterocycles. The molecule has 3 rings (SSSR count). The predicted molar refractivity (Wildman–Crippen MR) is 151 cm³/mol. The monoisotopic (exact) mass is 562 g/mol. The highest BCUT2D eigenvalue weighted by molar-refractivity contribution is 6.37. The topological polar surface area (TPSA) is 148 Å². The molecule has 5 atom stereocenters. The number of nitrogens with two attached hydrogens (primary N) is 1. The molecular weight excluding hydrogens is 512 g/mol. The van der Waals surface area contributed by atoms with Crippen LogP contribution in [0.3, 0.4) is 0 Å². The van der Waals surface area contributed by atoms with E-state index in [0.29, 0.717) is 25.3 Å². The highest BCUT2D eigenvalue weighted by atomic mass is 16.6. The first-order chi connectivity index (χ1) is 18.1. The van der Waals surface area contributed by atoms with Gasteiger partial charge in [0.05, 0.1) is 6.04 Å². The maximum atomic E-state index is 14.2. The van der Waals surface area contributed by atoms with E-state index in [0.717, 1.165) is 25.7 Å². The van der Waals surface area contributed by atoms with Gasteiger partial charge in [-0.3, -0.25) is 19.2 Å². The maximum absolute atomic E-state index is 14.2. The standard InChI is InChI=1S/C30H50N4O6/c1-27(2,3)20-15-30(20)14-19(24(37)32-18(21(35)23(31)36)13-17-11-10-12-17)34(16-30)25(38)22(28(4,5)6)33-26(39)40-29(7,8)9/h17-20,22H,10-16H2,1-9H3,(H2,31,36)(H,32,37)(H,33,39)/t18?,19-,20?,22?,30+/m0/s1. The van der Waals surface area contributed by atoms with E-state index in [1.807, 2.05) is 20.8 Å². The van der Waals surface area contributed by atoms with E-state index < -0.39 is 52.8 Å². The van der Waals surface area contributed by atoms with E-state index in [9.17, 15) is 24.0 Å². The Balaban J connectivity index is 1.89. The Hall–Kier alpha value is -2.65. The van der Waals surface area contributed by atoms with Crippen molar-refractivity contribution in [1.29, 1.82) is 0 Å². The minimum Gasteiger partial charge on any atom is -0.444 e. The summed E-state index contributed by atoms with van der Waals surface area (Å²) >= 11 is 0. The van der Waals surface area contributed by atoms with Gasteiger partial charge in [-0.1, -0.05) is 60.8 Å². The van der Waals surface area contributed by atoms with Crippen molar-refractivity contribution < 1.29 is 28.7 Å². The van der Waals surface area contributed by atoms with Crippen LogP contribution in [0.2, 0.25) is 0 Å². The highest BCUT2D eigenvalue weighted by Crippen LogP contribution is 2.66. The number of hydrogen-bond donors (Lipinski definition) is 3. The van der Waals surface area contributed by atoms with Gasteiger partial charge in [-0.25, -0.2) is 4.79 Å². The van der Waals surface area contributed by atoms with E-state index in [4.69, 9.17) is 10.5 Å². The van der Waals surface area contributed by atoms with Crippen molar-refractivity contribution in [2.75, 3.05) is 6.54 Å². The van der Waals surface area contributed by atoms with Gasteiger partial charge in [-0.15, -0.1) is 0 Å². The molecule has 40 heavy (non-hydrogen) atoms. The van der Waals surface area contributed by atoms with Crippen LogP contribution in [0.1, 0.15) is 101 Å². The van der Waals surface area contributed by atoms with Crippen LogP contribution >= 0.6 is 0 Å². The van der Waals surface area contributed by atoms with Crippen LogP contribution in [-0.4, -0.2) is 64.8 Å². The molecule has 1 aliphatic heterocycles. The first kappa shape index (κ1) is 31.9. The minimum atomic E-state index is -1.08. The van der Waals surface area contributed by atoms with Crippen molar-refractivity contribution in [2.45, 2.75) is 125 Å². The molecule has 0 aromatic rings. The Bertz CT molecular complexity index is 1030. The smallest absolute Gasteiger partial charge is 0.408 e. The first-order valence-electron chi connectivity index (χ1n) is 14.6. The number of amides is 4. The fraction of sp³-hybridized carbons (Fsp3) is 0.833. The molecule has 1 heterocycles. The molecule has 2 saturated carbocycles. The third-order valence-corrected chi connectivity index (χ3v) is 8.73. The van der Waals surface area contributed by atoms with E-state index >= 15 is 0 Å². The molecule has 4 amide bonds. The third-order valence-electron chi connectivity index (χ3n) is 8.73. The summed E-state index contributed by atoms with van der Waals surface area (Å²) in [5.74, 6) is -2.16. The summed E-state index contributed by atoms with van der Waals surface area (Å²) in [6.45, 7) is 17.7. The molecular formula is C30H50N4O6. The van der Waals surface area contributed by atoms with Crippen LogP contribution in [0.25, 0.3) is 0 Å². The number of ketones is 1. The summed E-state index contributed by atoms with van der Waals surface area (Å²) in [6.07, 6.45) is 3.92. The second-order valence-electron chi connectivity index (χ2n) is 15.4. The number of nitrogens with zero attached hydrogens (tertiary/aromatic N) is 1. The van der Waals surface area contributed by atoms with Crippen LogP contribution in [0.5, 0.6) is 0 Å². The number of alkyl carbamates (subject to hydrolysis) is 1. The van der Waals surface area contributed by atoms with E-state index in [-0.39, 0.29) is 22.7 Å². The fourth-order valence-corrected chi connectivity index (χ4v) is 6.42. The molecule has 0 bridgehead atoms. The SMILES string of the molecule is CC(C)(C)OC(=O)NC(C(=O)N1C[C@]2(CC2C(C)(C)C)C[C@H]1C(=O)NC(CC1CCC1)C(=O)C(N)=O)C(C)(C)C. The normalized spacial score (nSPS) is 26.5. The Morgan fingerprint density at radius 2 is 1.55 bits per heavy atom. The molecule has 3 aliphatic rings. The molecule has 0 radical (unpaired) electrons. The van der Waals surface area contributed by atoms with Gasteiger partial charge in [0, 0.05) is 6.54 Å². The Morgan fingerprint density at radius 3 is 1.98 bits per heavy atom. The highest BCUT2D eigenvalue weighted by Gasteiger charge is 2.65. The zero-order valence-electron chi connectivity index (χ0n) is 25.8. The largest absolute Gasteiger partial charge is 0.444 e. The molecule has 226 valence electrons. The average Bonchev–Trinajstić information content (AvgIpc) is 3.33. The Morgan fingerprint density at radius 1 is 0.950 bits per heavy atom. The number of nitrogens with one attached hydrogen (secondary N) is 2. The van der Waals surface area contributed by atoms with E-state index in [1.165, 1.54) is 0 Å². The lowest BCUT2D eigenvalue weighted by molar-refractivity contribution is -0.143. The number of rotatable bonds is 8. The summed E-state index contributed by atoms with van der Waals surface area (Å²) in [7, 11) is 0. The number of hydrogen-bond acceptors (Lipinski definition) is 6. The molecule has 2 aliphatic carbocycles. The average molecular weight is 563 g/mol. The lowest BCUT2D eigenvalue weighted by Crippen LogP contribution is -2.59. The number of Topliss-reactive ketones (excluding diaryl/α,β-unsaturated/α-hetero) is 1. The molecule has 1 spiro atoms. The van der Waals surface area contributed by atoms with Crippen LogP contribution in [0, 0.1) is 28.1 Å². The van der Waals surface area contributed by atoms with Gasteiger partial charge in [0.15, 0.2) is 0 Å². The maximum Gasteiger partial charge on any atom is 0.408 e. The van der Waals surface area contributed by atoms with Gasteiger partial charge < -0.3 is 26.0 Å². The zero-order chi connectivity index (χ0) is 30.4. The number of primary amides is 1. The molecule has 4 N–H and O–H groups in total. The fourth-order valence-electron chi connectivity index (χ4n) is 6.42. The number of ether oxygens (including phenoxy) is 1. The summed E-state index contributed by atoms with van der Waals surface area (Å²) in [5.41, 5.74) is 3.67. The summed E-state index contributed by atoms with van der Waals surface area (Å²) < 4.78 is 5.44. The Labute approximate surface area is 238 Å². The third kappa shape index (κ3) is 7.35. The van der Waals surface area contributed by atoms with Gasteiger partial charge in [-0.05, 0) is 68.1 Å². The zero-order valence-corrected chi connectivity index (χ0v) is 25.8. The van der Waals surface area contributed by atoms with Crippen molar-refractivity contribution in [3.63, 3.8) is 0 Å². The number of likely N-dealkylation sites (tertiary alicyclic amines) is 1. The molecule has 3 unspecified atom stereocenters. The van der Waals surface area contributed by atoms with Gasteiger partial charge >= 0.3 is 6.09 Å². The number of carbonyl (C=O) groups is 5. The van der Waals surface area contributed by atoms with Gasteiger partial charge in [0.25, 0.3) is 5.91 Å². The lowest BCUT2D eigenvalue weighted by Gasteiger charge is -2.36. The lowest BCUT2D eigenvalue weighted by atomic mass is 9.80. The number of carbonyl (C=O) groups excluding carboxylic acids is 5. The molecule has 3 fully saturated rings. The summed E-state index contributed by atoms with van der Waals surface area (Å²) in [5, 5.41) is 5.55. The second-order valence-corrected chi connectivity index (χ2v) is 15.4. The van der Waals surface area contributed by atoms with Crippen molar-refractivity contribution >= 4 is 29.6 Å². The molecule has 10 nitrogen and oxygen atoms in total. The quantitative estimate of drug-likeness (QED) is 0.387. The van der Waals surface area contributed by atoms with Gasteiger partial charge in [-0.2, -0.15) is 0 Å². The van der Waals surface area contributed by atoms with Crippen LogP contribution in [-0.2, 0) is 23.9 Å². The van der Waals surface area contributed by atoms with Crippen molar-refractivity contribution in [3.05, 3.63) is 0 Å².